The Balaban J connectivity index is 1.47. The fourth-order valence-electron chi connectivity index (χ4n) is 2.74. The summed E-state index contributed by atoms with van der Waals surface area (Å²) >= 11 is 3.40. The molecular formula is C15H19BrN2O. The van der Waals surface area contributed by atoms with Crippen LogP contribution in [0.5, 0.6) is 0 Å². The van der Waals surface area contributed by atoms with Gasteiger partial charge in [0.2, 0.25) is 5.91 Å². The van der Waals surface area contributed by atoms with Crippen LogP contribution in [0.25, 0.3) is 0 Å². The van der Waals surface area contributed by atoms with Crippen LogP contribution in [0.1, 0.15) is 24.8 Å². The number of carbonyl (C=O) groups is 1. The van der Waals surface area contributed by atoms with Crippen LogP contribution in [0, 0.1) is 0 Å². The number of benzene rings is 1. The second-order valence-electron chi connectivity index (χ2n) is 5.58. The molecule has 0 aromatic heterocycles. The number of carbonyl (C=O) groups excluding carboxylic acids is 1. The van der Waals surface area contributed by atoms with Gasteiger partial charge in [0.25, 0.3) is 0 Å². The van der Waals surface area contributed by atoms with Crippen LogP contribution >= 0.6 is 15.9 Å². The van der Waals surface area contributed by atoms with Gasteiger partial charge in [-0.15, -0.1) is 0 Å². The molecule has 19 heavy (non-hydrogen) atoms. The summed E-state index contributed by atoms with van der Waals surface area (Å²) in [5, 5.41) is 3.16. The van der Waals surface area contributed by atoms with Gasteiger partial charge in [0.1, 0.15) is 0 Å². The highest BCUT2D eigenvalue weighted by Crippen LogP contribution is 2.29. The molecule has 2 fully saturated rings. The van der Waals surface area contributed by atoms with E-state index in [1.807, 2.05) is 24.3 Å². The Morgan fingerprint density at radius 1 is 1.26 bits per heavy atom. The second kappa shape index (κ2) is 5.63. The molecule has 1 N–H and O–H groups in total. The number of nitrogens with one attached hydrogen (secondary N) is 1. The molecule has 0 bridgehead atoms. The van der Waals surface area contributed by atoms with Gasteiger partial charge < -0.3 is 5.32 Å². The molecule has 1 saturated heterocycles. The topological polar surface area (TPSA) is 32.3 Å². The van der Waals surface area contributed by atoms with Gasteiger partial charge >= 0.3 is 0 Å². The molecule has 2 aliphatic rings. The first-order valence-electron chi connectivity index (χ1n) is 6.98. The third-order valence-electron chi connectivity index (χ3n) is 3.93. The van der Waals surface area contributed by atoms with Crippen molar-refractivity contribution in [2.24, 2.45) is 0 Å². The molecule has 1 atom stereocenters. The van der Waals surface area contributed by atoms with E-state index in [9.17, 15) is 4.79 Å². The predicted octanol–water partition coefficient (Wildman–Crippen LogP) is 2.34. The summed E-state index contributed by atoms with van der Waals surface area (Å²) in [5.41, 5.74) is 1.07. The van der Waals surface area contributed by atoms with E-state index in [-0.39, 0.29) is 5.91 Å². The van der Waals surface area contributed by atoms with E-state index in [1.165, 1.54) is 12.8 Å². The zero-order valence-electron chi connectivity index (χ0n) is 10.9. The molecule has 1 aliphatic heterocycles. The van der Waals surface area contributed by atoms with Crippen LogP contribution in [-0.4, -0.2) is 36.0 Å². The first-order chi connectivity index (χ1) is 9.20. The Hall–Kier alpha value is -0.870. The average molecular weight is 323 g/mol. The van der Waals surface area contributed by atoms with E-state index in [2.05, 4.69) is 26.1 Å². The van der Waals surface area contributed by atoms with Crippen LogP contribution in [0.3, 0.4) is 0 Å². The second-order valence-corrected chi connectivity index (χ2v) is 6.50. The van der Waals surface area contributed by atoms with Crippen LogP contribution in [0.2, 0.25) is 0 Å². The largest absolute Gasteiger partial charge is 0.352 e. The molecule has 1 aromatic rings. The minimum atomic E-state index is 0.143. The summed E-state index contributed by atoms with van der Waals surface area (Å²) in [6.07, 6.45) is 4.27. The first-order valence-corrected chi connectivity index (χ1v) is 7.78. The van der Waals surface area contributed by atoms with Crippen molar-refractivity contribution >= 4 is 21.8 Å². The molecule has 1 aliphatic carbocycles. The normalized spacial score (nSPS) is 23.5. The van der Waals surface area contributed by atoms with Gasteiger partial charge in [-0.25, -0.2) is 0 Å². The predicted molar refractivity (Wildman–Crippen MR) is 79.0 cm³/mol. The van der Waals surface area contributed by atoms with E-state index < -0.39 is 0 Å². The van der Waals surface area contributed by atoms with Crippen molar-refractivity contribution in [1.82, 2.24) is 10.2 Å². The van der Waals surface area contributed by atoms with Crippen LogP contribution < -0.4 is 5.32 Å². The quantitative estimate of drug-likeness (QED) is 0.922. The van der Waals surface area contributed by atoms with Crippen molar-refractivity contribution < 1.29 is 4.79 Å². The maximum atomic E-state index is 12.0. The lowest BCUT2D eigenvalue weighted by atomic mass is 10.1. The van der Waals surface area contributed by atoms with Gasteiger partial charge in [0.05, 0.1) is 6.42 Å². The minimum Gasteiger partial charge on any atom is -0.352 e. The lowest BCUT2D eigenvalue weighted by Crippen LogP contribution is -2.38. The Bertz CT molecular complexity index is 456. The summed E-state index contributed by atoms with van der Waals surface area (Å²) in [6, 6.07) is 9.11. The molecule has 3 rings (SSSR count). The summed E-state index contributed by atoms with van der Waals surface area (Å²) in [7, 11) is 0. The fourth-order valence-corrected chi connectivity index (χ4v) is 3.01. The standard InChI is InChI=1S/C15H19BrN2O/c16-12-3-1-11(2-4-12)9-15(19)17-13-7-8-18(10-13)14-5-6-14/h1-4,13-14H,5-10H2,(H,17,19)/t13-/m0/s1. The fraction of sp³-hybridized carbons (Fsp3) is 0.533. The number of rotatable bonds is 4. The Kier molecular flexibility index (Phi) is 3.89. The lowest BCUT2D eigenvalue weighted by molar-refractivity contribution is -0.121. The minimum absolute atomic E-state index is 0.143. The number of amides is 1. The third kappa shape index (κ3) is 3.57. The number of hydrogen-bond acceptors (Lipinski definition) is 2. The van der Waals surface area contributed by atoms with Gasteiger partial charge in [-0.2, -0.15) is 0 Å². The van der Waals surface area contributed by atoms with Crippen molar-refractivity contribution in [1.29, 1.82) is 0 Å². The van der Waals surface area contributed by atoms with Crippen molar-refractivity contribution in [3.8, 4) is 0 Å². The third-order valence-corrected chi connectivity index (χ3v) is 4.45. The Morgan fingerprint density at radius 2 is 2.00 bits per heavy atom. The Labute approximate surface area is 122 Å². The molecule has 4 heteroatoms. The molecule has 1 amide bonds. The first kappa shape index (κ1) is 13.1. The summed E-state index contributed by atoms with van der Waals surface area (Å²) < 4.78 is 1.05. The highest BCUT2D eigenvalue weighted by atomic mass is 79.9. The van der Waals surface area contributed by atoms with E-state index in [4.69, 9.17) is 0 Å². The average Bonchev–Trinajstić information content (AvgIpc) is 3.14. The zero-order valence-corrected chi connectivity index (χ0v) is 12.5. The number of likely N-dealkylation sites (tertiary alicyclic amines) is 1. The van der Waals surface area contributed by atoms with Crippen molar-refractivity contribution in [3.63, 3.8) is 0 Å². The highest BCUT2D eigenvalue weighted by molar-refractivity contribution is 9.10. The molecule has 0 unspecified atom stereocenters. The van der Waals surface area contributed by atoms with Gasteiger partial charge in [-0.05, 0) is 37.0 Å². The molecule has 1 heterocycles. The maximum Gasteiger partial charge on any atom is 0.224 e. The Morgan fingerprint density at radius 3 is 2.68 bits per heavy atom. The van der Waals surface area contributed by atoms with Gasteiger partial charge in [-0.3, -0.25) is 9.69 Å². The molecule has 3 nitrogen and oxygen atoms in total. The van der Waals surface area contributed by atoms with Gasteiger partial charge in [0.15, 0.2) is 0 Å². The van der Waals surface area contributed by atoms with E-state index in [0.717, 1.165) is 35.6 Å². The SMILES string of the molecule is O=C(Cc1ccc(Br)cc1)N[C@H]1CCN(C2CC2)C1. The summed E-state index contributed by atoms with van der Waals surface area (Å²) in [4.78, 5) is 14.5. The van der Waals surface area contributed by atoms with E-state index >= 15 is 0 Å². The maximum absolute atomic E-state index is 12.0. The van der Waals surface area contributed by atoms with Crippen LogP contribution in [-0.2, 0) is 11.2 Å². The highest BCUT2D eigenvalue weighted by Gasteiger charge is 2.34. The molecule has 102 valence electrons. The van der Waals surface area contributed by atoms with Crippen LogP contribution in [0.4, 0.5) is 0 Å². The monoisotopic (exact) mass is 322 g/mol. The summed E-state index contributed by atoms with van der Waals surface area (Å²) in [5.74, 6) is 0.143. The van der Waals surface area contributed by atoms with Crippen molar-refractivity contribution in [2.45, 2.75) is 37.8 Å². The summed E-state index contributed by atoms with van der Waals surface area (Å²) in [6.45, 7) is 2.19. The number of halogens is 1. The molecular weight excluding hydrogens is 304 g/mol. The van der Waals surface area contributed by atoms with Gasteiger partial charge in [-0.1, -0.05) is 28.1 Å². The van der Waals surface area contributed by atoms with Crippen LogP contribution in [0.15, 0.2) is 28.7 Å². The van der Waals surface area contributed by atoms with Crippen molar-refractivity contribution in [3.05, 3.63) is 34.3 Å². The van der Waals surface area contributed by atoms with E-state index in [0.29, 0.717) is 12.5 Å². The lowest BCUT2D eigenvalue weighted by Gasteiger charge is -2.15. The van der Waals surface area contributed by atoms with Crippen molar-refractivity contribution in [2.75, 3.05) is 13.1 Å². The van der Waals surface area contributed by atoms with Gasteiger partial charge in [0, 0.05) is 29.6 Å². The number of hydrogen-bond donors (Lipinski definition) is 1. The number of nitrogens with zero attached hydrogens (tertiary/aromatic N) is 1. The molecule has 0 radical (unpaired) electrons. The molecule has 0 spiro atoms. The zero-order chi connectivity index (χ0) is 13.2. The molecule has 1 saturated carbocycles. The smallest absolute Gasteiger partial charge is 0.224 e. The van der Waals surface area contributed by atoms with E-state index in [1.54, 1.807) is 0 Å². The molecule has 1 aromatic carbocycles.